The number of rotatable bonds is 3. The van der Waals surface area contributed by atoms with Crippen molar-refractivity contribution in [2.45, 2.75) is 39.0 Å². The van der Waals surface area contributed by atoms with E-state index in [0.717, 1.165) is 44.1 Å². The van der Waals surface area contributed by atoms with Crippen molar-refractivity contribution >= 4 is 29.9 Å². The zero-order chi connectivity index (χ0) is 13.8. The third-order valence-electron chi connectivity index (χ3n) is 5.13. The van der Waals surface area contributed by atoms with Crippen molar-refractivity contribution in [3.63, 3.8) is 0 Å². The zero-order valence-corrected chi connectivity index (χ0v) is 15.6. The van der Waals surface area contributed by atoms with Crippen LogP contribution in [0.15, 0.2) is 4.99 Å². The van der Waals surface area contributed by atoms with Crippen LogP contribution in [-0.2, 0) is 4.74 Å². The zero-order valence-electron chi connectivity index (χ0n) is 13.2. The van der Waals surface area contributed by atoms with Gasteiger partial charge in [-0.1, -0.05) is 12.8 Å². The lowest BCUT2D eigenvalue weighted by atomic mass is 9.82. The highest BCUT2D eigenvalue weighted by atomic mass is 127. The fourth-order valence-electron chi connectivity index (χ4n) is 3.95. The van der Waals surface area contributed by atoms with Crippen molar-refractivity contribution in [2.24, 2.45) is 22.7 Å². The molecule has 0 aromatic heterocycles. The molecule has 21 heavy (non-hydrogen) atoms. The van der Waals surface area contributed by atoms with E-state index in [0.29, 0.717) is 5.92 Å². The number of hydrogen-bond acceptors (Lipinski definition) is 2. The van der Waals surface area contributed by atoms with E-state index in [1.54, 1.807) is 0 Å². The summed E-state index contributed by atoms with van der Waals surface area (Å²) in [5, 5.41) is 3.49. The van der Waals surface area contributed by atoms with Gasteiger partial charge in [-0.15, -0.1) is 24.0 Å². The first-order valence-electron chi connectivity index (χ1n) is 8.47. The molecule has 5 heteroatoms. The normalized spacial score (nSPS) is 32.7. The molecule has 122 valence electrons. The molecule has 0 bridgehead atoms. The fourth-order valence-corrected chi connectivity index (χ4v) is 3.95. The molecule has 2 saturated heterocycles. The Morgan fingerprint density at radius 3 is 2.48 bits per heavy atom. The van der Waals surface area contributed by atoms with Crippen molar-refractivity contribution in [3.8, 4) is 0 Å². The Hall–Kier alpha value is -0.0400. The molecule has 0 aromatic carbocycles. The molecule has 1 aliphatic carbocycles. The third-order valence-corrected chi connectivity index (χ3v) is 5.13. The van der Waals surface area contributed by atoms with Crippen LogP contribution in [0.2, 0.25) is 0 Å². The third kappa shape index (κ3) is 4.47. The Morgan fingerprint density at radius 2 is 1.90 bits per heavy atom. The minimum atomic E-state index is 0. The van der Waals surface area contributed by atoms with Crippen LogP contribution in [0, 0.1) is 17.8 Å². The second kappa shape index (κ2) is 8.56. The number of fused-ring (bicyclic) bond motifs is 1. The van der Waals surface area contributed by atoms with Gasteiger partial charge in [-0.2, -0.15) is 0 Å². The smallest absolute Gasteiger partial charge is 0.193 e. The molecule has 2 aliphatic heterocycles. The van der Waals surface area contributed by atoms with E-state index in [-0.39, 0.29) is 24.0 Å². The molecule has 3 fully saturated rings. The van der Waals surface area contributed by atoms with E-state index in [2.05, 4.69) is 17.1 Å². The van der Waals surface area contributed by atoms with Gasteiger partial charge in [0.15, 0.2) is 5.96 Å². The largest absolute Gasteiger partial charge is 0.381 e. The lowest BCUT2D eigenvalue weighted by molar-refractivity contribution is 0.187. The molecular weight excluding hydrogens is 377 g/mol. The van der Waals surface area contributed by atoms with Crippen molar-refractivity contribution in [2.75, 3.05) is 39.4 Å². The highest BCUT2D eigenvalue weighted by Crippen LogP contribution is 2.35. The van der Waals surface area contributed by atoms with Crippen LogP contribution in [0.25, 0.3) is 0 Å². The second-order valence-corrected chi connectivity index (χ2v) is 6.63. The molecule has 2 heterocycles. The van der Waals surface area contributed by atoms with Crippen LogP contribution in [0.4, 0.5) is 0 Å². The lowest BCUT2D eigenvalue weighted by Gasteiger charge is -2.22. The highest BCUT2D eigenvalue weighted by molar-refractivity contribution is 14.0. The lowest BCUT2D eigenvalue weighted by Crippen LogP contribution is -2.40. The Balaban J connectivity index is 0.00000161. The van der Waals surface area contributed by atoms with Gasteiger partial charge in [-0.3, -0.25) is 4.99 Å². The van der Waals surface area contributed by atoms with Crippen molar-refractivity contribution < 1.29 is 4.74 Å². The molecule has 3 rings (SSSR count). The standard InChI is InChI=1S/C16H29N3O.HI/c1-2-17-16(18-9-13-7-8-20-12-13)19-10-14-5-3-4-6-15(14)11-19;/h13-15H,2-12H2,1H3,(H,17,18);1H. The van der Waals surface area contributed by atoms with Gasteiger partial charge in [0.2, 0.25) is 0 Å². The first-order chi connectivity index (χ1) is 9.86. The summed E-state index contributed by atoms with van der Waals surface area (Å²) in [6.07, 6.45) is 6.90. The number of ether oxygens (including phenoxy) is 1. The van der Waals surface area contributed by atoms with E-state index in [9.17, 15) is 0 Å². The number of nitrogens with zero attached hydrogens (tertiary/aromatic N) is 2. The number of aliphatic imine (C=N–C) groups is 1. The fraction of sp³-hybridized carbons (Fsp3) is 0.938. The van der Waals surface area contributed by atoms with Crippen molar-refractivity contribution in [1.29, 1.82) is 0 Å². The summed E-state index contributed by atoms with van der Waals surface area (Å²) in [5.41, 5.74) is 0. The summed E-state index contributed by atoms with van der Waals surface area (Å²) in [4.78, 5) is 7.40. The molecule has 0 aromatic rings. The Morgan fingerprint density at radius 1 is 1.19 bits per heavy atom. The number of nitrogens with one attached hydrogen (secondary N) is 1. The van der Waals surface area contributed by atoms with Gasteiger partial charge in [0.25, 0.3) is 0 Å². The van der Waals surface area contributed by atoms with Crippen molar-refractivity contribution in [1.82, 2.24) is 10.2 Å². The summed E-state index contributed by atoms with van der Waals surface area (Å²) in [5.74, 6) is 3.62. The van der Waals surface area contributed by atoms with Gasteiger partial charge in [0.1, 0.15) is 0 Å². The molecule has 3 unspecified atom stereocenters. The Kier molecular flexibility index (Phi) is 7.05. The van der Waals surface area contributed by atoms with E-state index in [1.165, 1.54) is 45.2 Å². The predicted octanol–water partition coefficient (Wildman–Crippen LogP) is 2.73. The molecule has 4 nitrogen and oxygen atoms in total. The minimum Gasteiger partial charge on any atom is -0.381 e. The molecule has 0 amide bonds. The molecule has 0 spiro atoms. The maximum absolute atomic E-state index is 5.45. The number of hydrogen-bond donors (Lipinski definition) is 1. The number of likely N-dealkylation sites (tertiary alicyclic amines) is 1. The van der Waals surface area contributed by atoms with Crippen LogP contribution in [-0.4, -0.2) is 50.3 Å². The second-order valence-electron chi connectivity index (χ2n) is 6.63. The Labute approximate surface area is 146 Å². The topological polar surface area (TPSA) is 36.9 Å². The molecular formula is C16H30IN3O. The summed E-state index contributed by atoms with van der Waals surface area (Å²) >= 11 is 0. The average molecular weight is 407 g/mol. The van der Waals surface area contributed by atoms with Crippen LogP contribution in [0.5, 0.6) is 0 Å². The average Bonchev–Trinajstić information content (AvgIpc) is 3.12. The van der Waals surface area contributed by atoms with Gasteiger partial charge in [-0.05, 0) is 38.0 Å². The highest BCUT2D eigenvalue weighted by Gasteiger charge is 2.35. The van der Waals surface area contributed by atoms with E-state index >= 15 is 0 Å². The molecule has 3 atom stereocenters. The van der Waals surface area contributed by atoms with Gasteiger partial charge in [0.05, 0.1) is 6.61 Å². The maximum atomic E-state index is 5.45. The van der Waals surface area contributed by atoms with Crippen molar-refractivity contribution in [3.05, 3.63) is 0 Å². The van der Waals surface area contributed by atoms with E-state index in [4.69, 9.17) is 9.73 Å². The van der Waals surface area contributed by atoms with Crippen LogP contribution in [0.3, 0.4) is 0 Å². The van der Waals surface area contributed by atoms with Crippen LogP contribution in [0.1, 0.15) is 39.0 Å². The summed E-state index contributed by atoms with van der Waals surface area (Å²) in [6, 6.07) is 0. The first kappa shape index (κ1) is 17.3. The monoisotopic (exact) mass is 407 g/mol. The van der Waals surface area contributed by atoms with Gasteiger partial charge >= 0.3 is 0 Å². The molecule has 0 radical (unpaired) electrons. The number of guanidine groups is 1. The van der Waals surface area contributed by atoms with Gasteiger partial charge < -0.3 is 15.0 Å². The Bertz CT molecular complexity index is 330. The van der Waals surface area contributed by atoms with Gasteiger partial charge in [-0.25, -0.2) is 0 Å². The molecule has 3 aliphatic rings. The van der Waals surface area contributed by atoms with Crippen LogP contribution >= 0.6 is 24.0 Å². The summed E-state index contributed by atoms with van der Waals surface area (Å²) in [6.45, 7) is 8.31. The quantitative estimate of drug-likeness (QED) is 0.444. The number of halogens is 1. The molecule has 1 N–H and O–H groups in total. The summed E-state index contributed by atoms with van der Waals surface area (Å²) < 4.78 is 5.45. The molecule has 1 saturated carbocycles. The first-order valence-corrected chi connectivity index (χ1v) is 8.47. The van der Waals surface area contributed by atoms with Gasteiger partial charge in [0, 0.05) is 38.7 Å². The maximum Gasteiger partial charge on any atom is 0.193 e. The predicted molar refractivity (Wildman–Crippen MR) is 97.3 cm³/mol. The SMILES string of the molecule is CCNC(=NCC1CCOC1)N1CC2CCCCC2C1.I. The van der Waals surface area contributed by atoms with E-state index in [1.807, 2.05) is 0 Å². The minimum absolute atomic E-state index is 0. The summed E-state index contributed by atoms with van der Waals surface area (Å²) in [7, 11) is 0. The van der Waals surface area contributed by atoms with E-state index < -0.39 is 0 Å². The van der Waals surface area contributed by atoms with Crippen LogP contribution < -0.4 is 5.32 Å².